The fraction of sp³-hybridized carbons (Fsp3) is 0.231. The second-order valence-electron chi connectivity index (χ2n) is 7.53. The number of hydrogen-bond donors (Lipinski definition) is 1. The van der Waals surface area contributed by atoms with Gasteiger partial charge < -0.3 is 5.32 Å². The van der Waals surface area contributed by atoms with Crippen molar-refractivity contribution in [3.8, 4) is 0 Å². The molecule has 0 bridgehead atoms. The first-order valence-corrected chi connectivity index (χ1v) is 10.7. The van der Waals surface area contributed by atoms with Gasteiger partial charge in [-0.15, -0.1) is 0 Å². The average Bonchev–Trinajstić information content (AvgIpc) is 3.45. The maximum absolute atomic E-state index is 5.02. The van der Waals surface area contributed by atoms with E-state index in [1.54, 1.807) is 0 Å². The van der Waals surface area contributed by atoms with Crippen LogP contribution in [0.3, 0.4) is 0 Å². The Labute approximate surface area is 178 Å². The highest BCUT2D eigenvalue weighted by atomic mass is 15.3. The van der Waals surface area contributed by atoms with E-state index in [9.17, 15) is 0 Å². The third kappa shape index (κ3) is 4.95. The lowest BCUT2D eigenvalue weighted by Crippen LogP contribution is -2.14. The zero-order chi connectivity index (χ0) is 20.6. The summed E-state index contributed by atoms with van der Waals surface area (Å²) in [6.45, 7) is 2.01. The van der Waals surface area contributed by atoms with Gasteiger partial charge in [-0.2, -0.15) is 5.10 Å². The summed E-state index contributed by atoms with van der Waals surface area (Å²) in [6.07, 6.45) is 19.0. The van der Waals surface area contributed by atoms with Gasteiger partial charge in [-0.1, -0.05) is 73.6 Å². The maximum Gasteiger partial charge on any atom is 0.156 e. The third-order valence-electron chi connectivity index (χ3n) is 5.29. The van der Waals surface area contributed by atoms with E-state index in [4.69, 9.17) is 4.99 Å². The molecule has 4 rings (SSSR count). The molecule has 1 saturated carbocycles. The van der Waals surface area contributed by atoms with E-state index in [0.717, 1.165) is 28.3 Å². The predicted octanol–water partition coefficient (Wildman–Crippen LogP) is 6.50. The molecule has 1 aliphatic carbocycles. The molecule has 1 N–H and O–H groups in total. The van der Waals surface area contributed by atoms with E-state index in [-0.39, 0.29) is 0 Å². The Balaban J connectivity index is 1.73. The van der Waals surface area contributed by atoms with E-state index >= 15 is 0 Å². The number of nitrogens with one attached hydrogen (secondary N) is 1. The molecule has 152 valence electrons. The Bertz CT molecular complexity index is 1080. The Kier molecular flexibility index (Phi) is 6.55. The summed E-state index contributed by atoms with van der Waals surface area (Å²) in [5, 5.41) is 8.19. The minimum Gasteiger partial charge on any atom is -0.382 e. The molecule has 4 nitrogen and oxygen atoms in total. The topological polar surface area (TPSA) is 41.7 Å². The maximum atomic E-state index is 5.02. The molecule has 0 radical (unpaired) electrons. The van der Waals surface area contributed by atoms with Crippen LogP contribution in [0.5, 0.6) is 0 Å². The quantitative estimate of drug-likeness (QED) is 0.366. The molecule has 1 aliphatic rings. The van der Waals surface area contributed by atoms with Gasteiger partial charge in [0.05, 0.1) is 17.4 Å². The smallest absolute Gasteiger partial charge is 0.156 e. The second-order valence-corrected chi connectivity index (χ2v) is 7.53. The number of allylic oxidation sites excluding steroid dienone is 6. The molecule has 0 unspecified atom stereocenters. The van der Waals surface area contributed by atoms with Gasteiger partial charge in [0.25, 0.3) is 0 Å². The number of pyridine rings is 1. The molecule has 0 aliphatic heterocycles. The Morgan fingerprint density at radius 1 is 1.03 bits per heavy atom. The van der Waals surface area contributed by atoms with Crippen molar-refractivity contribution in [3.63, 3.8) is 0 Å². The van der Waals surface area contributed by atoms with Crippen molar-refractivity contribution in [1.82, 2.24) is 9.61 Å². The molecule has 4 heteroatoms. The minimum absolute atomic E-state index is 0.553. The zero-order valence-electron chi connectivity index (χ0n) is 17.4. The van der Waals surface area contributed by atoms with Gasteiger partial charge in [-0.05, 0) is 38.0 Å². The highest BCUT2D eigenvalue weighted by Crippen LogP contribution is 2.27. The number of aliphatic imine (C=N–C) groups is 1. The molecule has 2 aromatic heterocycles. The van der Waals surface area contributed by atoms with Crippen molar-refractivity contribution < 1.29 is 0 Å². The zero-order valence-corrected chi connectivity index (χ0v) is 17.4. The van der Waals surface area contributed by atoms with Crippen molar-refractivity contribution in [2.45, 2.75) is 38.6 Å². The molecule has 0 saturated heterocycles. The van der Waals surface area contributed by atoms with Crippen molar-refractivity contribution >= 4 is 22.7 Å². The largest absolute Gasteiger partial charge is 0.382 e. The predicted molar refractivity (Wildman–Crippen MR) is 127 cm³/mol. The number of anilines is 1. The summed E-state index contributed by atoms with van der Waals surface area (Å²) in [7, 11) is 0. The van der Waals surface area contributed by atoms with E-state index in [1.165, 1.54) is 25.7 Å². The monoisotopic (exact) mass is 396 g/mol. The molecule has 0 spiro atoms. The van der Waals surface area contributed by atoms with Crippen LogP contribution in [-0.4, -0.2) is 21.4 Å². The van der Waals surface area contributed by atoms with E-state index < -0.39 is 0 Å². The molecule has 0 amide bonds. The van der Waals surface area contributed by atoms with Crippen LogP contribution in [0.4, 0.5) is 11.5 Å². The highest BCUT2D eigenvalue weighted by molar-refractivity contribution is 6.10. The number of aromatic nitrogens is 2. The highest BCUT2D eigenvalue weighted by Gasteiger charge is 2.15. The SMILES string of the molecule is C\C=C/C=C\C=C\C(=Nc1cc(NC2CCCC2)cc2ccnn12)c1ccccc1. The van der Waals surface area contributed by atoms with Crippen LogP contribution in [0.15, 0.2) is 96.2 Å². The fourth-order valence-corrected chi connectivity index (χ4v) is 3.80. The minimum atomic E-state index is 0.553. The number of fused-ring (bicyclic) bond motifs is 1. The molecule has 1 fully saturated rings. The van der Waals surface area contributed by atoms with Crippen molar-refractivity contribution in [1.29, 1.82) is 0 Å². The Morgan fingerprint density at radius 3 is 2.63 bits per heavy atom. The van der Waals surface area contributed by atoms with Gasteiger partial charge in [-0.3, -0.25) is 0 Å². The number of benzene rings is 1. The Hall–Kier alpha value is -3.40. The molecular formula is C26H28N4. The molecule has 2 heterocycles. The van der Waals surface area contributed by atoms with Crippen LogP contribution >= 0.6 is 0 Å². The summed E-state index contributed by atoms with van der Waals surface area (Å²) in [4.78, 5) is 5.02. The lowest BCUT2D eigenvalue weighted by atomic mass is 10.1. The van der Waals surface area contributed by atoms with Crippen LogP contribution < -0.4 is 5.32 Å². The third-order valence-corrected chi connectivity index (χ3v) is 5.29. The lowest BCUT2D eigenvalue weighted by Gasteiger charge is -2.15. The first-order chi connectivity index (χ1) is 14.8. The van der Waals surface area contributed by atoms with Gasteiger partial charge in [0.15, 0.2) is 5.82 Å². The van der Waals surface area contributed by atoms with Crippen molar-refractivity contribution in [2.75, 3.05) is 5.32 Å². The average molecular weight is 397 g/mol. The molecular weight excluding hydrogens is 368 g/mol. The van der Waals surface area contributed by atoms with Crippen LogP contribution in [0.2, 0.25) is 0 Å². The van der Waals surface area contributed by atoms with Crippen LogP contribution in [0, 0.1) is 0 Å². The van der Waals surface area contributed by atoms with Crippen molar-refractivity contribution in [3.05, 3.63) is 96.7 Å². The first-order valence-electron chi connectivity index (χ1n) is 10.7. The number of hydrogen-bond acceptors (Lipinski definition) is 3. The summed E-state index contributed by atoms with van der Waals surface area (Å²) >= 11 is 0. The Morgan fingerprint density at radius 2 is 1.83 bits per heavy atom. The molecule has 30 heavy (non-hydrogen) atoms. The van der Waals surface area contributed by atoms with E-state index in [2.05, 4.69) is 34.7 Å². The number of nitrogens with zero attached hydrogens (tertiary/aromatic N) is 3. The standard InChI is InChI=1S/C26H28N4/c1-2-3-4-5-9-16-25(21-12-7-6-8-13-21)29-26-20-23(28-22-14-10-11-15-22)19-24-17-18-27-30(24)26/h2-9,12-13,16-20,22,28H,10-11,14-15H2,1H3/b3-2-,5-4-,16-9+,29-25?. The number of rotatable bonds is 7. The van der Waals surface area contributed by atoms with Crippen LogP contribution in [-0.2, 0) is 0 Å². The van der Waals surface area contributed by atoms with E-state index in [1.807, 2.05) is 78.4 Å². The lowest BCUT2D eigenvalue weighted by molar-refractivity contribution is 0.755. The van der Waals surface area contributed by atoms with Crippen LogP contribution in [0.1, 0.15) is 38.2 Å². The summed E-state index contributed by atoms with van der Waals surface area (Å²) in [5.74, 6) is 0.818. The van der Waals surface area contributed by atoms with Gasteiger partial charge in [0.2, 0.25) is 0 Å². The van der Waals surface area contributed by atoms with Gasteiger partial charge >= 0.3 is 0 Å². The molecule has 0 atom stereocenters. The van der Waals surface area contributed by atoms with Crippen LogP contribution in [0.25, 0.3) is 5.52 Å². The molecule has 1 aromatic carbocycles. The summed E-state index contributed by atoms with van der Waals surface area (Å²) in [5.41, 5.74) is 4.12. The first kappa shape index (κ1) is 19.9. The summed E-state index contributed by atoms with van der Waals surface area (Å²) in [6, 6.07) is 17.1. The normalized spacial score (nSPS) is 16.0. The second kappa shape index (κ2) is 9.88. The van der Waals surface area contributed by atoms with Gasteiger partial charge in [-0.25, -0.2) is 9.51 Å². The van der Waals surface area contributed by atoms with E-state index in [0.29, 0.717) is 6.04 Å². The van der Waals surface area contributed by atoms with Gasteiger partial charge in [0.1, 0.15) is 0 Å². The van der Waals surface area contributed by atoms with Crippen molar-refractivity contribution in [2.24, 2.45) is 4.99 Å². The van der Waals surface area contributed by atoms with Gasteiger partial charge in [0, 0.05) is 23.4 Å². The fourth-order valence-electron chi connectivity index (χ4n) is 3.80. The summed E-state index contributed by atoms with van der Waals surface area (Å²) < 4.78 is 1.90. The molecule has 3 aromatic rings.